The molecule has 7 heteroatoms. The zero-order valence-electron chi connectivity index (χ0n) is 16.2. The largest absolute Gasteiger partial charge is 0.381 e. The summed E-state index contributed by atoms with van der Waals surface area (Å²) >= 11 is 0. The molecule has 27 heavy (non-hydrogen) atoms. The third-order valence-corrected chi connectivity index (χ3v) is 8.25. The summed E-state index contributed by atoms with van der Waals surface area (Å²) < 4.78 is 27.7. The maximum absolute atomic E-state index is 13.0. The fourth-order valence-corrected chi connectivity index (χ4v) is 5.23. The molecule has 2 aliphatic heterocycles. The molecule has 3 rings (SSSR count). The van der Waals surface area contributed by atoms with Gasteiger partial charge in [-0.3, -0.25) is 4.79 Å². The van der Waals surface area contributed by atoms with Crippen molar-refractivity contribution >= 4 is 16.1 Å². The Bertz CT molecular complexity index is 760. The SMILES string of the molecule is CN1C=C(NC(=O)C(C)(C)[S+](=O)(O)CC2CCOCC2)C=C2C=CC=CC21. The Morgan fingerprint density at radius 2 is 2.07 bits per heavy atom. The number of hydrogen-bond acceptors (Lipinski definition) is 4. The first-order chi connectivity index (χ1) is 12.7. The standard InChI is InChI=1S/C20H28N2O4S/c1-20(2,27(24,25)14-15-8-10-26-11-9-15)19(23)21-17-12-16-6-4-5-7-18(16)22(3)13-17/h4-7,12-13,15,18H,8-11,14H2,1-3H3,(H-,21,23,24,25)/p+1. The van der Waals surface area contributed by atoms with Crippen LogP contribution in [0.4, 0.5) is 0 Å². The molecule has 0 radical (unpaired) electrons. The molecule has 1 amide bonds. The van der Waals surface area contributed by atoms with Crippen molar-refractivity contribution in [2.75, 3.05) is 26.0 Å². The van der Waals surface area contributed by atoms with E-state index in [9.17, 15) is 13.6 Å². The van der Waals surface area contributed by atoms with Gasteiger partial charge in [0.25, 0.3) is 5.91 Å². The summed E-state index contributed by atoms with van der Waals surface area (Å²) in [5, 5.41) is 2.85. The predicted molar refractivity (Wildman–Crippen MR) is 107 cm³/mol. The van der Waals surface area contributed by atoms with E-state index in [1.807, 2.05) is 42.5 Å². The maximum atomic E-state index is 13.0. The molecule has 2 atom stereocenters. The number of ether oxygens (including phenoxy) is 1. The molecule has 1 fully saturated rings. The second-order valence-corrected chi connectivity index (χ2v) is 10.5. The highest BCUT2D eigenvalue weighted by Crippen LogP contribution is 2.30. The molecule has 1 saturated heterocycles. The summed E-state index contributed by atoms with van der Waals surface area (Å²) in [7, 11) is -1.41. The van der Waals surface area contributed by atoms with E-state index in [4.69, 9.17) is 4.74 Å². The second kappa shape index (κ2) is 7.73. The second-order valence-electron chi connectivity index (χ2n) is 7.91. The van der Waals surface area contributed by atoms with Gasteiger partial charge in [0.2, 0.25) is 15.0 Å². The van der Waals surface area contributed by atoms with Crippen molar-refractivity contribution in [3.05, 3.63) is 47.9 Å². The van der Waals surface area contributed by atoms with Gasteiger partial charge < -0.3 is 15.0 Å². The number of fused-ring (bicyclic) bond motifs is 1. The number of rotatable bonds is 5. The predicted octanol–water partition coefficient (Wildman–Crippen LogP) is 2.49. The van der Waals surface area contributed by atoms with Gasteiger partial charge in [-0.25, -0.2) is 0 Å². The van der Waals surface area contributed by atoms with Crippen molar-refractivity contribution in [3.63, 3.8) is 0 Å². The van der Waals surface area contributed by atoms with Gasteiger partial charge in [0.1, 0.15) is 5.75 Å². The summed E-state index contributed by atoms with van der Waals surface area (Å²) in [6.45, 7) is 4.33. The van der Waals surface area contributed by atoms with Gasteiger partial charge in [0.15, 0.2) is 0 Å². The molecule has 1 aliphatic carbocycles. The van der Waals surface area contributed by atoms with Crippen LogP contribution in [0, 0.1) is 5.92 Å². The van der Waals surface area contributed by atoms with Gasteiger partial charge >= 0.3 is 0 Å². The van der Waals surface area contributed by atoms with Crippen LogP contribution < -0.4 is 5.32 Å². The van der Waals surface area contributed by atoms with E-state index in [2.05, 4.69) is 11.4 Å². The quantitative estimate of drug-likeness (QED) is 0.702. The molecule has 0 saturated carbocycles. The highest BCUT2D eigenvalue weighted by atomic mass is 32.3. The first kappa shape index (κ1) is 20.0. The number of hydrogen-bond donors (Lipinski definition) is 2. The van der Waals surface area contributed by atoms with E-state index in [1.165, 1.54) is 0 Å². The van der Waals surface area contributed by atoms with Crippen molar-refractivity contribution in [3.8, 4) is 0 Å². The van der Waals surface area contributed by atoms with E-state index < -0.39 is 20.9 Å². The molecule has 0 aromatic heterocycles. The van der Waals surface area contributed by atoms with Gasteiger partial charge in [0.05, 0.1) is 11.7 Å². The van der Waals surface area contributed by atoms with Crippen LogP contribution in [0.3, 0.4) is 0 Å². The minimum Gasteiger partial charge on any atom is -0.381 e. The molecule has 2 unspecified atom stereocenters. The van der Waals surface area contributed by atoms with Crippen molar-refractivity contribution in [2.45, 2.75) is 37.5 Å². The third-order valence-electron chi connectivity index (χ3n) is 5.54. The molecule has 2 N–H and O–H groups in total. The number of likely N-dealkylation sites (N-methyl/N-ethyl adjacent to an activating group) is 1. The Morgan fingerprint density at radius 3 is 2.78 bits per heavy atom. The van der Waals surface area contributed by atoms with E-state index in [0.717, 1.165) is 18.4 Å². The van der Waals surface area contributed by atoms with Crippen LogP contribution in [0.1, 0.15) is 26.7 Å². The number of nitrogens with zero attached hydrogens (tertiary/aromatic N) is 1. The zero-order chi connectivity index (χ0) is 19.7. The van der Waals surface area contributed by atoms with Gasteiger partial charge in [-0.2, -0.15) is 4.55 Å². The average molecular weight is 394 g/mol. The Kier molecular flexibility index (Phi) is 5.74. The molecule has 3 aliphatic rings. The monoisotopic (exact) mass is 393 g/mol. The maximum Gasteiger partial charge on any atom is 0.282 e. The van der Waals surface area contributed by atoms with Crippen LogP contribution >= 0.6 is 0 Å². The zero-order valence-corrected chi connectivity index (χ0v) is 17.0. The Balaban J connectivity index is 1.70. The van der Waals surface area contributed by atoms with E-state index in [1.54, 1.807) is 13.8 Å². The van der Waals surface area contributed by atoms with Gasteiger partial charge in [-0.05, 0) is 38.3 Å². The molecular formula is C20H29N2O4S+. The molecule has 0 bridgehead atoms. The highest BCUT2D eigenvalue weighted by Gasteiger charge is 2.53. The Hall–Kier alpha value is -1.70. The van der Waals surface area contributed by atoms with Crippen molar-refractivity contribution in [1.29, 1.82) is 0 Å². The fourth-order valence-electron chi connectivity index (χ4n) is 3.50. The normalized spacial score (nSPS) is 25.3. The molecule has 0 spiro atoms. The average Bonchev–Trinajstić information content (AvgIpc) is 2.62. The van der Waals surface area contributed by atoms with Gasteiger partial charge in [-0.1, -0.05) is 28.5 Å². The topological polar surface area (TPSA) is 78.9 Å². The summed E-state index contributed by atoms with van der Waals surface area (Å²) in [6, 6.07) is 0.152. The first-order valence-electron chi connectivity index (χ1n) is 9.34. The summed E-state index contributed by atoms with van der Waals surface area (Å²) in [6.07, 6.45) is 13.3. The molecule has 148 valence electrons. The molecule has 0 aromatic rings. The van der Waals surface area contributed by atoms with Crippen LogP contribution in [0.2, 0.25) is 0 Å². The Morgan fingerprint density at radius 1 is 1.37 bits per heavy atom. The lowest BCUT2D eigenvalue weighted by Gasteiger charge is -2.32. The fraction of sp³-hybridized carbons (Fsp3) is 0.550. The van der Waals surface area contributed by atoms with Crippen molar-refractivity contribution < 1.29 is 18.3 Å². The summed E-state index contributed by atoms with van der Waals surface area (Å²) in [5.41, 5.74) is 1.70. The minimum absolute atomic E-state index is 0.116. The van der Waals surface area contributed by atoms with Gasteiger partial charge in [-0.15, -0.1) is 0 Å². The van der Waals surface area contributed by atoms with E-state index in [0.29, 0.717) is 18.9 Å². The number of allylic oxidation sites excluding steroid dienone is 3. The van der Waals surface area contributed by atoms with Crippen LogP contribution in [-0.2, 0) is 24.0 Å². The third kappa shape index (κ3) is 4.25. The number of carbonyl (C=O) groups excluding carboxylic acids is 1. The van der Waals surface area contributed by atoms with E-state index >= 15 is 0 Å². The lowest BCUT2D eigenvalue weighted by molar-refractivity contribution is -0.122. The minimum atomic E-state index is -3.35. The molecule has 6 nitrogen and oxygen atoms in total. The lowest BCUT2D eigenvalue weighted by atomic mass is 9.97. The van der Waals surface area contributed by atoms with Crippen LogP contribution in [-0.4, -0.2) is 52.2 Å². The smallest absolute Gasteiger partial charge is 0.282 e. The van der Waals surface area contributed by atoms with Gasteiger partial charge in [0, 0.05) is 32.4 Å². The molecule has 0 aromatic carbocycles. The van der Waals surface area contributed by atoms with Crippen LogP contribution in [0.5, 0.6) is 0 Å². The highest BCUT2D eigenvalue weighted by molar-refractivity contribution is 7.99. The number of nitrogens with one attached hydrogen (secondary N) is 1. The number of carbonyl (C=O) groups is 1. The van der Waals surface area contributed by atoms with Crippen LogP contribution in [0.15, 0.2) is 47.9 Å². The Labute approximate surface area is 162 Å². The summed E-state index contributed by atoms with van der Waals surface area (Å²) in [4.78, 5) is 14.9. The van der Waals surface area contributed by atoms with Crippen molar-refractivity contribution in [2.24, 2.45) is 5.92 Å². The first-order valence-corrected chi connectivity index (χ1v) is 11.0. The van der Waals surface area contributed by atoms with Crippen molar-refractivity contribution in [1.82, 2.24) is 10.2 Å². The van der Waals surface area contributed by atoms with E-state index in [-0.39, 0.29) is 17.7 Å². The lowest BCUT2D eigenvalue weighted by Crippen LogP contribution is -2.53. The molecule has 2 heterocycles. The molecular weight excluding hydrogens is 364 g/mol. The summed E-state index contributed by atoms with van der Waals surface area (Å²) in [5.74, 6) is -0.190. The number of amides is 1. The van der Waals surface area contributed by atoms with Crippen LogP contribution in [0.25, 0.3) is 0 Å².